The molecule has 0 bridgehead atoms. The van der Waals surface area contributed by atoms with Crippen molar-refractivity contribution in [3.8, 4) is 0 Å². The third-order valence-electron chi connectivity index (χ3n) is 2.62. The molecule has 0 spiro atoms. The number of aliphatic hydroxyl groups excluding tert-OH is 1. The van der Waals surface area contributed by atoms with E-state index in [-0.39, 0.29) is 6.10 Å². The Morgan fingerprint density at radius 2 is 2.29 bits per heavy atom. The Morgan fingerprint density at radius 3 is 3.00 bits per heavy atom. The summed E-state index contributed by atoms with van der Waals surface area (Å²) in [5, 5.41) is 9.90. The van der Waals surface area contributed by atoms with Crippen molar-refractivity contribution in [1.29, 1.82) is 0 Å². The third kappa shape index (κ3) is 2.31. The van der Waals surface area contributed by atoms with Crippen molar-refractivity contribution in [2.75, 3.05) is 0 Å². The monoisotopic (exact) mass is 208 g/mol. The maximum atomic E-state index is 9.22. The zero-order valence-electron chi connectivity index (χ0n) is 8.44. The molecular formula is C12H16OS. The fourth-order valence-electron chi connectivity index (χ4n) is 1.84. The first-order valence-corrected chi connectivity index (χ1v) is 6.06. The summed E-state index contributed by atoms with van der Waals surface area (Å²) in [7, 11) is 0. The SMILES string of the molecule is CC(O)CCC1Cc2ccccc2S1. The molecule has 2 atom stereocenters. The topological polar surface area (TPSA) is 20.2 Å². The van der Waals surface area contributed by atoms with Gasteiger partial charge in [-0.3, -0.25) is 0 Å². The van der Waals surface area contributed by atoms with Crippen LogP contribution in [0.4, 0.5) is 0 Å². The molecule has 1 nitrogen and oxygen atoms in total. The Labute approximate surface area is 89.5 Å². The highest BCUT2D eigenvalue weighted by Gasteiger charge is 2.21. The molecule has 1 heterocycles. The number of hydrogen-bond donors (Lipinski definition) is 1. The van der Waals surface area contributed by atoms with Crippen molar-refractivity contribution in [2.45, 2.75) is 42.4 Å². The number of hydrogen-bond acceptors (Lipinski definition) is 2. The maximum Gasteiger partial charge on any atom is 0.0512 e. The molecule has 14 heavy (non-hydrogen) atoms. The molecule has 0 aliphatic carbocycles. The number of thioether (sulfide) groups is 1. The van der Waals surface area contributed by atoms with E-state index in [9.17, 15) is 5.11 Å². The van der Waals surface area contributed by atoms with Gasteiger partial charge in [0.15, 0.2) is 0 Å². The average Bonchev–Trinajstić information content (AvgIpc) is 2.57. The average molecular weight is 208 g/mol. The van der Waals surface area contributed by atoms with Crippen LogP contribution in [0.1, 0.15) is 25.3 Å². The van der Waals surface area contributed by atoms with Gasteiger partial charge in [0.1, 0.15) is 0 Å². The molecule has 0 radical (unpaired) electrons. The molecule has 1 aromatic carbocycles. The summed E-state index contributed by atoms with van der Waals surface area (Å²) < 4.78 is 0. The van der Waals surface area contributed by atoms with Crippen molar-refractivity contribution in [3.63, 3.8) is 0 Å². The Balaban J connectivity index is 1.92. The molecule has 1 aromatic rings. The van der Waals surface area contributed by atoms with Gasteiger partial charge in [0.2, 0.25) is 0 Å². The second-order valence-corrected chi connectivity index (χ2v) is 5.32. The van der Waals surface area contributed by atoms with Crippen LogP contribution in [-0.2, 0) is 6.42 Å². The van der Waals surface area contributed by atoms with E-state index in [1.807, 2.05) is 18.7 Å². The predicted octanol–water partition coefficient (Wildman–Crippen LogP) is 2.86. The van der Waals surface area contributed by atoms with E-state index in [1.54, 1.807) is 0 Å². The molecule has 0 saturated heterocycles. The van der Waals surface area contributed by atoms with Crippen LogP contribution in [0.25, 0.3) is 0 Å². The second-order valence-electron chi connectivity index (χ2n) is 3.98. The molecular weight excluding hydrogens is 192 g/mol. The molecule has 2 rings (SSSR count). The lowest BCUT2D eigenvalue weighted by atomic mass is 10.1. The van der Waals surface area contributed by atoms with Crippen molar-refractivity contribution in [2.24, 2.45) is 0 Å². The molecule has 2 heteroatoms. The molecule has 0 saturated carbocycles. The van der Waals surface area contributed by atoms with Crippen LogP contribution < -0.4 is 0 Å². The highest BCUT2D eigenvalue weighted by Crippen LogP contribution is 2.38. The minimum Gasteiger partial charge on any atom is -0.393 e. The van der Waals surface area contributed by atoms with Crippen LogP contribution in [0, 0.1) is 0 Å². The molecule has 1 aliphatic heterocycles. The lowest BCUT2D eigenvalue weighted by Crippen LogP contribution is -2.06. The summed E-state index contributed by atoms with van der Waals surface area (Å²) >= 11 is 1.97. The van der Waals surface area contributed by atoms with Gasteiger partial charge >= 0.3 is 0 Å². The lowest BCUT2D eigenvalue weighted by Gasteiger charge is -2.09. The highest BCUT2D eigenvalue weighted by atomic mass is 32.2. The molecule has 0 fully saturated rings. The zero-order valence-corrected chi connectivity index (χ0v) is 9.26. The lowest BCUT2D eigenvalue weighted by molar-refractivity contribution is 0.181. The fraction of sp³-hybridized carbons (Fsp3) is 0.500. The molecule has 2 unspecified atom stereocenters. The summed E-state index contributed by atoms with van der Waals surface area (Å²) in [5.41, 5.74) is 1.48. The molecule has 0 aromatic heterocycles. The summed E-state index contributed by atoms with van der Waals surface area (Å²) in [6.07, 6.45) is 3.07. The van der Waals surface area contributed by atoms with Gasteiger partial charge in [0, 0.05) is 10.1 Å². The number of benzene rings is 1. The zero-order chi connectivity index (χ0) is 9.97. The van der Waals surface area contributed by atoms with E-state index in [1.165, 1.54) is 16.9 Å². The van der Waals surface area contributed by atoms with Crippen molar-refractivity contribution >= 4 is 11.8 Å². The Morgan fingerprint density at radius 1 is 1.50 bits per heavy atom. The van der Waals surface area contributed by atoms with Gasteiger partial charge in [-0.1, -0.05) is 18.2 Å². The van der Waals surface area contributed by atoms with E-state index in [0.29, 0.717) is 5.25 Å². The molecule has 1 N–H and O–H groups in total. The number of fused-ring (bicyclic) bond motifs is 1. The number of aliphatic hydroxyl groups is 1. The Bertz CT molecular complexity index is 284. The second kappa shape index (κ2) is 4.37. The van der Waals surface area contributed by atoms with Gasteiger partial charge in [-0.05, 0) is 37.8 Å². The summed E-state index contributed by atoms with van der Waals surface area (Å²) in [5.74, 6) is 0. The van der Waals surface area contributed by atoms with Gasteiger partial charge in [-0.15, -0.1) is 11.8 Å². The first-order chi connectivity index (χ1) is 6.75. The van der Waals surface area contributed by atoms with Crippen LogP contribution in [0.3, 0.4) is 0 Å². The minimum absolute atomic E-state index is 0.153. The Hall–Kier alpha value is -0.470. The van der Waals surface area contributed by atoms with Crippen molar-refractivity contribution in [3.05, 3.63) is 29.8 Å². The third-order valence-corrected chi connectivity index (χ3v) is 4.01. The van der Waals surface area contributed by atoms with Crippen LogP contribution in [-0.4, -0.2) is 16.5 Å². The van der Waals surface area contributed by atoms with Gasteiger partial charge in [-0.2, -0.15) is 0 Å². The predicted molar refractivity (Wildman–Crippen MR) is 60.7 cm³/mol. The molecule has 0 amide bonds. The van der Waals surface area contributed by atoms with E-state index >= 15 is 0 Å². The first-order valence-electron chi connectivity index (χ1n) is 5.18. The van der Waals surface area contributed by atoms with Crippen LogP contribution >= 0.6 is 11.8 Å². The fourth-order valence-corrected chi connectivity index (χ4v) is 3.18. The summed E-state index contributed by atoms with van der Waals surface area (Å²) in [4.78, 5) is 1.43. The molecule has 76 valence electrons. The number of rotatable bonds is 3. The normalized spacial score (nSPS) is 22.0. The quantitative estimate of drug-likeness (QED) is 0.824. The van der Waals surface area contributed by atoms with Crippen molar-refractivity contribution in [1.82, 2.24) is 0 Å². The standard InChI is InChI=1S/C12H16OS/c1-9(13)6-7-11-8-10-4-2-3-5-12(10)14-11/h2-5,9,11,13H,6-8H2,1H3. The van der Waals surface area contributed by atoms with E-state index < -0.39 is 0 Å². The Kier molecular flexibility index (Phi) is 3.14. The van der Waals surface area contributed by atoms with Crippen LogP contribution in [0.2, 0.25) is 0 Å². The largest absolute Gasteiger partial charge is 0.393 e. The van der Waals surface area contributed by atoms with E-state index in [0.717, 1.165) is 12.8 Å². The minimum atomic E-state index is -0.153. The van der Waals surface area contributed by atoms with Gasteiger partial charge < -0.3 is 5.11 Å². The van der Waals surface area contributed by atoms with Crippen LogP contribution in [0.15, 0.2) is 29.2 Å². The molecule has 1 aliphatic rings. The van der Waals surface area contributed by atoms with Gasteiger partial charge in [-0.25, -0.2) is 0 Å². The van der Waals surface area contributed by atoms with E-state index in [2.05, 4.69) is 24.3 Å². The van der Waals surface area contributed by atoms with Crippen LogP contribution in [0.5, 0.6) is 0 Å². The smallest absolute Gasteiger partial charge is 0.0512 e. The van der Waals surface area contributed by atoms with Gasteiger partial charge in [0.05, 0.1) is 6.10 Å². The van der Waals surface area contributed by atoms with Gasteiger partial charge in [0.25, 0.3) is 0 Å². The van der Waals surface area contributed by atoms with Crippen molar-refractivity contribution < 1.29 is 5.11 Å². The maximum absolute atomic E-state index is 9.22. The summed E-state index contributed by atoms with van der Waals surface area (Å²) in [6, 6.07) is 8.62. The first kappa shape index (κ1) is 10.1. The highest BCUT2D eigenvalue weighted by molar-refractivity contribution is 8.00. The van der Waals surface area contributed by atoms with E-state index in [4.69, 9.17) is 0 Å². The summed E-state index contributed by atoms with van der Waals surface area (Å²) in [6.45, 7) is 1.87.